The van der Waals surface area contributed by atoms with Crippen LogP contribution >= 0.6 is 0 Å². The maximum absolute atomic E-state index is 14.3. The van der Waals surface area contributed by atoms with E-state index < -0.39 is 29.3 Å². The van der Waals surface area contributed by atoms with Crippen LogP contribution in [-0.2, 0) is 32.0 Å². The zero-order chi connectivity index (χ0) is 34.1. The van der Waals surface area contributed by atoms with Crippen LogP contribution in [0.3, 0.4) is 0 Å². The van der Waals surface area contributed by atoms with E-state index in [9.17, 15) is 19.2 Å². The Labute approximate surface area is 273 Å². The molecule has 2 unspecified atom stereocenters. The normalized spacial score (nSPS) is 13.1. The van der Waals surface area contributed by atoms with Gasteiger partial charge in [-0.05, 0) is 69.0 Å². The highest BCUT2D eigenvalue weighted by Gasteiger charge is 2.35. The zero-order valence-electron chi connectivity index (χ0n) is 28.3. The van der Waals surface area contributed by atoms with E-state index in [1.54, 1.807) is 48.0 Å². The summed E-state index contributed by atoms with van der Waals surface area (Å²) in [7, 11) is 4.76. The lowest BCUT2D eigenvalue weighted by molar-refractivity contribution is -0.146. The Morgan fingerprint density at radius 3 is 2.09 bits per heavy atom. The molecule has 4 amide bonds. The van der Waals surface area contributed by atoms with Gasteiger partial charge in [0.1, 0.15) is 17.7 Å². The van der Waals surface area contributed by atoms with Crippen LogP contribution in [0.1, 0.15) is 52.2 Å². The highest BCUT2D eigenvalue weighted by atomic mass is 16.6. The largest absolute Gasteiger partial charge is 0.444 e. The van der Waals surface area contributed by atoms with Gasteiger partial charge < -0.3 is 25.2 Å². The van der Waals surface area contributed by atoms with Gasteiger partial charge >= 0.3 is 6.09 Å². The number of nitrogens with one attached hydrogen (secondary N) is 2. The second kappa shape index (κ2) is 15.6. The fourth-order valence-electron chi connectivity index (χ4n) is 5.22. The van der Waals surface area contributed by atoms with Crippen molar-refractivity contribution in [2.45, 2.75) is 77.1 Å². The van der Waals surface area contributed by atoms with Gasteiger partial charge in [-0.15, -0.1) is 0 Å². The lowest BCUT2D eigenvalue weighted by atomic mass is 9.96. The molecule has 3 rings (SSSR count). The minimum atomic E-state index is -0.899. The van der Waals surface area contributed by atoms with Crippen LogP contribution in [0.5, 0.6) is 0 Å². The standard InChI is InChI=1S/C37H48N4O5/c1-36(2,3)46-35(45)39-37(4,5)23-15-22-32(42)40(7)31(25-28-20-14-19-27-18-12-13-21-29(27)28)34(44)41(8)30(33(43)38-6)24-26-16-10-9-11-17-26/h9-22,30-31H,23-25H2,1-8H3,(H,38,43)(H,39,45)/b22-15+. The van der Waals surface area contributed by atoms with Gasteiger partial charge in [0, 0.05) is 39.5 Å². The number of ether oxygens (including phenoxy) is 1. The molecule has 3 aromatic carbocycles. The Hall–Kier alpha value is -4.66. The van der Waals surface area contributed by atoms with Crippen molar-refractivity contribution < 1.29 is 23.9 Å². The molecule has 9 nitrogen and oxygen atoms in total. The smallest absolute Gasteiger partial charge is 0.408 e. The van der Waals surface area contributed by atoms with Gasteiger partial charge in [-0.1, -0.05) is 78.9 Å². The summed E-state index contributed by atoms with van der Waals surface area (Å²) in [6.07, 6.45) is 3.48. The van der Waals surface area contributed by atoms with Gasteiger partial charge in [0.25, 0.3) is 0 Å². The molecule has 0 spiro atoms. The maximum Gasteiger partial charge on any atom is 0.408 e. The van der Waals surface area contributed by atoms with E-state index >= 15 is 0 Å². The van der Waals surface area contributed by atoms with Crippen LogP contribution < -0.4 is 10.6 Å². The molecule has 0 radical (unpaired) electrons. The second-order valence-corrected chi connectivity index (χ2v) is 13.2. The quantitative estimate of drug-likeness (QED) is 0.266. The topological polar surface area (TPSA) is 108 Å². The fourth-order valence-corrected chi connectivity index (χ4v) is 5.22. The zero-order valence-corrected chi connectivity index (χ0v) is 28.3. The third-order valence-corrected chi connectivity index (χ3v) is 7.76. The van der Waals surface area contributed by atoms with Crippen LogP contribution in [0.25, 0.3) is 10.8 Å². The van der Waals surface area contributed by atoms with Gasteiger partial charge in [-0.2, -0.15) is 0 Å². The van der Waals surface area contributed by atoms with Crippen LogP contribution in [0.4, 0.5) is 4.79 Å². The molecule has 0 saturated heterocycles. The van der Waals surface area contributed by atoms with Crippen LogP contribution in [0, 0.1) is 0 Å². The molecule has 0 aliphatic heterocycles. The van der Waals surface area contributed by atoms with Crippen molar-refractivity contribution >= 4 is 34.6 Å². The Kier molecular flexibility index (Phi) is 12.1. The molecular formula is C37H48N4O5. The molecular weight excluding hydrogens is 580 g/mol. The van der Waals surface area contributed by atoms with Gasteiger partial charge in [0.2, 0.25) is 17.7 Å². The molecule has 9 heteroatoms. The summed E-state index contributed by atoms with van der Waals surface area (Å²) in [5.74, 6) is -1.02. The Morgan fingerprint density at radius 1 is 0.804 bits per heavy atom. The molecule has 246 valence electrons. The number of hydrogen-bond acceptors (Lipinski definition) is 5. The molecule has 3 aromatic rings. The van der Waals surface area contributed by atoms with Gasteiger partial charge in [-0.3, -0.25) is 14.4 Å². The van der Waals surface area contributed by atoms with Crippen molar-refractivity contribution in [3.8, 4) is 0 Å². The highest BCUT2D eigenvalue weighted by Crippen LogP contribution is 2.23. The minimum absolute atomic E-state index is 0.248. The van der Waals surface area contributed by atoms with E-state index in [0.29, 0.717) is 12.8 Å². The lowest BCUT2D eigenvalue weighted by Crippen LogP contribution is -2.55. The number of alkyl carbamates (subject to hydrolysis) is 1. The van der Waals surface area contributed by atoms with E-state index in [1.165, 1.54) is 15.9 Å². The minimum Gasteiger partial charge on any atom is -0.444 e. The Bertz CT molecular complexity index is 1540. The first-order chi connectivity index (χ1) is 21.6. The van der Waals surface area contributed by atoms with E-state index in [1.807, 2.05) is 86.6 Å². The van der Waals surface area contributed by atoms with Gasteiger partial charge in [-0.25, -0.2) is 4.79 Å². The number of rotatable bonds is 12. The summed E-state index contributed by atoms with van der Waals surface area (Å²) < 4.78 is 5.37. The molecule has 46 heavy (non-hydrogen) atoms. The van der Waals surface area contributed by atoms with E-state index in [-0.39, 0.29) is 24.1 Å². The summed E-state index contributed by atoms with van der Waals surface area (Å²) in [5.41, 5.74) is 0.506. The number of benzene rings is 3. The average molecular weight is 629 g/mol. The van der Waals surface area contributed by atoms with Crippen LogP contribution in [0.2, 0.25) is 0 Å². The number of carbonyl (C=O) groups is 4. The number of amides is 4. The van der Waals surface area contributed by atoms with Crippen molar-refractivity contribution in [3.63, 3.8) is 0 Å². The number of fused-ring (bicyclic) bond motifs is 1. The number of carbonyl (C=O) groups excluding carboxylic acids is 4. The molecule has 0 aliphatic carbocycles. The van der Waals surface area contributed by atoms with E-state index in [4.69, 9.17) is 4.74 Å². The SMILES string of the molecule is CNC(=O)C(Cc1ccccc1)N(C)C(=O)C(Cc1cccc2ccccc12)N(C)C(=O)/C=C/CC(C)(C)NC(=O)OC(C)(C)C. The molecule has 0 fully saturated rings. The Balaban J connectivity index is 1.89. The maximum atomic E-state index is 14.3. The van der Waals surface area contributed by atoms with Crippen molar-refractivity contribution in [2.75, 3.05) is 21.1 Å². The first-order valence-corrected chi connectivity index (χ1v) is 15.5. The predicted octanol–water partition coefficient (Wildman–Crippen LogP) is 5.27. The summed E-state index contributed by atoms with van der Waals surface area (Å²) in [6, 6.07) is 21.7. The van der Waals surface area contributed by atoms with Crippen molar-refractivity contribution in [2.24, 2.45) is 0 Å². The Morgan fingerprint density at radius 2 is 1.43 bits per heavy atom. The van der Waals surface area contributed by atoms with Crippen molar-refractivity contribution in [1.82, 2.24) is 20.4 Å². The molecule has 0 saturated carbocycles. The molecule has 0 aromatic heterocycles. The summed E-state index contributed by atoms with van der Waals surface area (Å²) >= 11 is 0. The second-order valence-electron chi connectivity index (χ2n) is 13.2. The number of hydrogen-bond donors (Lipinski definition) is 2. The fraction of sp³-hybridized carbons (Fsp3) is 0.405. The highest BCUT2D eigenvalue weighted by molar-refractivity contribution is 5.95. The van der Waals surface area contributed by atoms with Gasteiger partial charge in [0.05, 0.1) is 0 Å². The molecule has 0 heterocycles. The summed E-state index contributed by atoms with van der Waals surface area (Å²) in [6.45, 7) is 9.05. The predicted molar refractivity (Wildman–Crippen MR) is 182 cm³/mol. The van der Waals surface area contributed by atoms with E-state index in [0.717, 1.165) is 21.9 Å². The van der Waals surface area contributed by atoms with Crippen LogP contribution in [0.15, 0.2) is 84.9 Å². The molecule has 2 N–H and O–H groups in total. The average Bonchev–Trinajstić information content (AvgIpc) is 3.00. The molecule has 0 bridgehead atoms. The lowest BCUT2D eigenvalue weighted by Gasteiger charge is -2.34. The third kappa shape index (κ3) is 10.2. The van der Waals surface area contributed by atoms with Crippen molar-refractivity contribution in [1.29, 1.82) is 0 Å². The monoisotopic (exact) mass is 628 g/mol. The third-order valence-electron chi connectivity index (χ3n) is 7.76. The molecule has 0 aliphatic rings. The van der Waals surface area contributed by atoms with Crippen molar-refractivity contribution in [3.05, 3.63) is 96.1 Å². The molecule has 2 atom stereocenters. The van der Waals surface area contributed by atoms with Crippen LogP contribution in [-0.4, -0.2) is 78.0 Å². The van der Waals surface area contributed by atoms with E-state index in [2.05, 4.69) is 10.6 Å². The number of nitrogens with zero attached hydrogens (tertiary/aromatic N) is 2. The summed E-state index contributed by atoms with van der Waals surface area (Å²) in [5, 5.41) is 7.54. The first kappa shape index (κ1) is 35.8. The first-order valence-electron chi connectivity index (χ1n) is 15.5. The number of likely N-dealkylation sites (N-methyl/N-ethyl adjacent to an activating group) is 3. The van der Waals surface area contributed by atoms with Gasteiger partial charge in [0.15, 0.2) is 0 Å². The summed E-state index contributed by atoms with van der Waals surface area (Å²) in [4.78, 5) is 56.2.